The van der Waals surface area contributed by atoms with Crippen LogP contribution in [0.3, 0.4) is 0 Å². The summed E-state index contributed by atoms with van der Waals surface area (Å²) < 4.78 is 0. The second-order valence-electron chi connectivity index (χ2n) is 5.62. The highest BCUT2D eigenvalue weighted by Crippen LogP contribution is 1.92. The molecule has 0 aliphatic carbocycles. The van der Waals surface area contributed by atoms with Crippen LogP contribution in [0.2, 0.25) is 0 Å². The maximum absolute atomic E-state index is 12.1. The average Bonchev–Trinajstić information content (AvgIpc) is 2.61. The lowest BCUT2D eigenvalue weighted by Gasteiger charge is -2.22. The Morgan fingerprint density at radius 2 is 1.30 bits per heavy atom. The number of hydrogen-bond acceptors (Lipinski definition) is 8. The van der Waals surface area contributed by atoms with Gasteiger partial charge in [-0.2, -0.15) is 0 Å². The summed E-state index contributed by atoms with van der Waals surface area (Å²) in [5.41, 5.74) is 5.36. The van der Waals surface area contributed by atoms with Crippen LogP contribution in [-0.4, -0.2) is 88.8 Å². The average molecular weight is 391 g/mol. The van der Waals surface area contributed by atoms with E-state index in [4.69, 9.17) is 15.9 Å². The van der Waals surface area contributed by atoms with Crippen molar-refractivity contribution in [2.45, 2.75) is 38.0 Å². The van der Waals surface area contributed by atoms with Crippen LogP contribution < -0.4 is 27.0 Å². The molecule has 13 heteroatoms. The molecular formula is C14H25N5O8. The van der Waals surface area contributed by atoms with Gasteiger partial charge in [-0.3, -0.25) is 24.0 Å². The van der Waals surface area contributed by atoms with Gasteiger partial charge in [-0.15, -0.1) is 0 Å². The molecule has 0 aromatic rings. The first-order valence-electron chi connectivity index (χ1n) is 7.91. The molecule has 0 saturated heterocycles. The predicted molar refractivity (Wildman–Crippen MR) is 89.9 cm³/mol. The van der Waals surface area contributed by atoms with Crippen LogP contribution in [0.1, 0.15) is 13.8 Å². The van der Waals surface area contributed by atoms with Gasteiger partial charge in [-0.1, -0.05) is 0 Å². The number of carbonyl (C=O) groups is 5. The third-order valence-electron chi connectivity index (χ3n) is 3.21. The molecule has 0 aliphatic rings. The standard InChI is InChI=1S/C14H25N5O8/c1-6(15)11(24)17-7(2)12(25)18-9(5-21)14(27)19-8(4-20)13(26)16-3-10(22)23/h6-9,20-21H,3-5,15H2,1-2H3,(H,16,26)(H,17,24)(H,18,25)(H,19,27)(H,22,23)/t6-,7-,8-,9-/m0/s1. The Bertz CT molecular complexity index is 568. The van der Waals surface area contributed by atoms with Crippen molar-refractivity contribution in [2.24, 2.45) is 5.73 Å². The molecule has 0 spiro atoms. The fourth-order valence-corrected chi connectivity index (χ4v) is 1.65. The number of carboxylic acids is 1. The van der Waals surface area contributed by atoms with Crippen LogP contribution >= 0.6 is 0 Å². The van der Waals surface area contributed by atoms with Crippen molar-refractivity contribution < 1.29 is 39.3 Å². The highest BCUT2D eigenvalue weighted by molar-refractivity contribution is 5.95. The van der Waals surface area contributed by atoms with Gasteiger partial charge in [-0.25, -0.2) is 0 Å². The SMILES string of the molecule is C[C@H](N)C(=O)N[C@@H](C)C(=O)N[C@@H](CO)C(=O)N[C@@H](CO)C(=O)NCC(=O)O. The quantitative estimate of drug-likeness (QED) is 0.169. The first-order valence-corrected chi connectivity index (χ1v) is 7.91. The monoisotopic (exact) mass is 391 g/mol. The third-order valence-corrected chi connectivity index (χ3v) is 3.21. The van der Waals surface area contributed by atoms with Crippen LogP contribution in [0.15, 0.2) is 0 Å². The molecule has 0 radical (unpaired) electrons. The van der Waals surface area contributed by atoms with E-state index in [2.05, 4.69) is 16.0 Å². The van der Waals surface area contributed by atoms with Gasteiger partial charge in [0.05, 0.1) is 19.3 Å². The zero-order valence-corrected chi connectivity index (χ0v) is 14.9. The van der Waals surface area contributed by atoms with Gasteiger partial charge in [0, 0.05) is 0 Å². The van der Waals surface area contributed by atoms with Crippen molar-refractivity contribution in [3.05, 3.63) is 0 Å². The minimum atomic E-state index is -1.49. The molecule has 27 heavy (non-hydrogen) atoms. The van der Waals surface area contributed by atoms with E-state index in [0.717, 1.165) is 0 Å². The zero-order valence-electron chi connectivity index (χ0n) is 14.9. The van der Waals surface area contributed by atoms with E-state index in [0.29, 0.717) is 0 Å². The van der Waals surface area contributed by atoms with E-state index in [1.807, 2.05) is 5.32 Å². The summed E-state index contributed by atoms with van der Waals surface area (Å²) in [5, 5.41) is 35.4. The van der Waals surface area contributed by atoms with Crippen molar-refractivity contribution in [3.63, 3.8) is 0 Å². The number of aliphatic carboxylic acids is 1. The molecule has 4 atom stereocenters. The molecule has 0 bridgehead atoms. The summed E-state index contributed by atoms with van der Waals surface area (Å²) >= 11 is 0. The van der Waals surface area contributed by atoms with Gasteiger partial charge in [0.25, 0.3) is 0 Å². The molecule has 0 aliphatic heterocycles. The Hall–Kier alpha value is -2.77. The summed E-state index contributed by atoms with van der Waals surface area (Å²) in [6.07, 6.45) is 0. The highest BCUT2D eigenvalue weighted by Gasteiger charge is 2.28. The Morgan fingerprint density at radius 1 is 0.815 bits per heavy atom. The number of rotatable bonds is 11. The maximum atomic E-state index is 12.1. The van der Waals surface area contributed by atoms with Crippen molar-refractivity contribution in [1.29, 1.82) is 0 Å². The third kappa shape index (κ3) is 8.94. The summed E-state index contributed by atoms with van der Waals surface area (Å²) in [6.45, 7) is 0.346. The lowest BCUT2D eigenvalue weighted by Crippen LogP contribution is -2.58. The first-order chi connectivity index (χ1) is 12.5. The summed E-state index contributed by atoms with van der Waals surface area (Å²) in [6, 6.07) is -4.88. The molecule has 0 rings (SSSR count). The second-order valence-corrected chi connectivity index (χ2v) is 5.62. The van der Waals surface area contributed by atoms with E-state index in [9.17, 15) is 29.1 Å². The van der Waals surface area contributed by atoms with E-state index in [1.165, 1.54) is 13.8 Å². The number of nitrogens with two attached hydrogens (primary N) is 1. The van der Waals surface area contributed by atoms with Gasteiger partial charge < -0.3 is 42.3 Å². The molecule has 0 fully saturated rings. The minimum Gasteiger partial charge on any atom is -0.480 e. The molecule has 0 unspecified atom stereocenters. The normalized spacial score (nSPS) is 14.9. The molecular weight excluding hydrogens is 366 g/mol. The van der Waals surface area contributed by atoms with Gasteiger partial charge in [0.15, 0.2) is 0 Å². The van der Waals surface area contributed by atoms with Crippen molar-refractivity contribution in [1.82, 2.24) is 21.3 Å². The number of amides is 4. The van der Waals surface area contributed by atoms with E-state index < -0.39 is 73.5 Å². The Labute approximate surface area is 154 Å². The Balaban J connectivity index is 4.79. The Kier molecular flexibility index (Phi) is 10.6. The number of nitrogens with one attached hydrogen (secondary N) is 4. The van der Waals surface area contributed by atoms with E-state index >= 15 is 0 Å². The Morgan fingerprint density at radius 3 is 1.74 bits per heavy atom. The van der Waals surface area contributed by atoms with Crippen LogP contribution in [-0.2, 0) is 24.0 Å². The fourth-order valence-electron chi connectivity index (χ4n) is 1.65. The van der Waals surface area contributed by atoms with Crippen LogP contribution in [0.5, 0.6) is 0 Å². The molecule has 0 aromatic heterocycles. The minimum absolute atomic E-state index is 0.599. The van der Waals surface area contributed by atoms with Gasteiger partial charge >= 0.3 is 5.97 Å². The lowest BCUT2D eigenvalue weighted by molar-refractivity contribution is -0.139. The first kappa shape index (κ1) is 24.2. The van der Waals surface area contributed by atoms with Crippen LogP contribution in [0.25, 0.3) is 0 Å². The molecule has 9 N–H and O–H groups in total. The maximum Gasteiger partial charge on any atom is 0.322 e. The molecule has 4 amide bonds. The van der Waals surface area contributed by atoms with Crippen LogP contribution in [0.4, 0.5) is 0 Å². The molecule has 154 valence electrons. The fraction of sp³-hybridized carbons (Fsp3) is 0.643. The number of aliphatic hydroxyl groups excluding tert-OH is 2. The van der Waals surface area contributed by atoms with Crippen LogP contribution in [0, 0.1) is 0 Å². The summed E-state index contributed by atoms with van der Waals surface area (Å²) in [7, 11) is 0. The number of hydrogen-bond donors (Lipinski definition) is 8. The second kappa shape index (κ2) is 11.8. The molecule has 0 heterocycles. The van der Waals surface area contributed by atoms with Crippen molar-refractivity contribution >= 4 is 29.6 Å². The summed E-state index contributed by atoms with van der Waals surface area (Å²) in [5.74, 6) is -4.68. The van der Waals surface area contributed by atoms with Crippen molar-refractivity contribution in [3.8, 4) is 0 Å². The summed E-state index contributed by atoms with van der Waals surface area (Å²) in [4.78, 5) is 57.6. The lowest BCUT2D eigenvalue weighted by atomic mass is 10.2. The van der Waals surface area contributed by atoms with Gasteiger partial charge in [0.2, 0.25) is 23.6 Å². The smallest absolute Gasteiger partial charge is 0.322 e. The van der Waals surface area contributed by atoms with E-state index in [1.54, 1.807) is 0 Å². The molecule has 0 saturated carbocycles. The number of carboxylic acid groups (broad SMARTS) is 1. The predicted octanol–water partition coefficient (Wildman–Crippen LogP) is -5.01. The van der Waals surface area contributed by atoms with Crippen molar-refractivity contribution in [2.75, 3.05) is 19.8 Å². The van der Waals surface area contributed by atoms with Gasteiger partial charge in [0.1, 0.15) is 24.7 Å². The number of carbonyl (C=O) groups excluding carboxylic acids is 4. The molecule has 13 nitrogen and oxygen atoms in total. The van der Waals surface area contributed by atoms with E-state index in [-0.39, 0.29) is 0 Å². The largest absolute Gasteiger partial charge is 0.480 e. The van der Waals surface area contributed by atoms with Gasteiger partial charge in [-0.05, 0) is 13.8 Å². The number of aliphatic hydroxyl groups is 2. The molecule has 0 aromatic carbocycles. The zero-order chi connectivity index (χ0) is 21.1. The topological polar surface area (TPSA) is 220 Å². The highest BCUT2D eigenvalue weighted by atomic mass is 16.4.